The summed E-state index contributed by atoms with van der Waals surface area (Å²) in [6, 6.07) is 19.9. The van der Waals surface area contributed by atoms with E-state index >= 15 is 0 Å². The van der Waals surface area contributed by atoms with Crippen molar-refractivity contribution >= 4 is 28.1 Å². The summed E-state index contributed by atoms with van der Waals surface area (Å²) in [4.78, 5) is 3.99. The van der Waals surface area contributed by atoms with Gasteiger partial charge in [0.05, 0.1) is 5.69 Å². The summed E-state index contributed by atoms with van der Waals surface area (Å²) < 4.78 is 0. The molecule has 3 heteroatoms. The number of nitrogens with one attached hydrogen (secondary N) is 1. The molecule has 0 spiro atoms. The van der Waals surface area contributed by atoms with E-state index in [0.29, 0.717) is 11.9 Å². The first-order valence-corrected chi connectivity index (χ1v) is 11.3. The van der Waals surface area contributed by atoms with Gasteiger partial charge in [-0.15, -0.1) is 0 Å². The largest absolute Gasteiger partial charge is 0.316 e. The summed E-state index contributed by atoms with van der Waals surface area (Å²) >= 11 is 0. The number of hydrogen-bond donors (Lipinski definition) is 1. The molecule has 0 unspecified atom stereocenters. The first-order valence-electron chi connectivity index (χ1n) is 11.3. The Morgan fingerprint density at radius 3 is 2.23 bits per heavy atom. The van der Waals surface area contributed by atoms with Crippen LogP contribution in [0, 0.1) is 5.41 Å². The minimum Gasteiger partial charge on any atom is -0.316 e. The SMILES string of the molecule is CN(C(=N)N(C)c1ccc2c3c(cccc13)CC2)c1ccc(C2CCCCC2)cc1. The Morgan fingerprint density at radius 2 is 1.50 bits per heavy atom. The van der Waals surface area contributed by atoms with Gasteiger partial charge in [0, 0.05) is 25.2 Å². The zero-order valence-corrected chi connectivity index (χ0v) is 18.1. The van der Waals surface area contributed by atoms with E-state index in [-0.39, 0.29) is 0 Å². The summed E-state index contributed by atoms with van der Waals surface area (Å²) in [6.07, 6.45) is 9.00. The summed E-state index contributed by atoms with van der Waals surface area (Å²) in [5.41, 5.74) is 6.51. The van der Waals surface area contributed by atoms with E-state index in [2.05, 4.69) is 54.6 Å². The summed E-state index contributed by atoms with van der Waals surface area (Å²) in [6.45, 7) is 0. The second-order valence-corrected chi connectivity index (χ2v) is 8.95. The maximum Gasteiger partial charge on any atom is 0.202 e. The highest BCUT2D eigenvalue weighted by Crippen LogP contribution is 2.37. The molecule has 2 aliphatic rings. The standard InChI is InChI=1S/C27H31N3/c1-29(23-16-13-20(14-17-23)19-7-4-3-5-8-19)27(28)30(2)25-18-15-22-12-11-21-9-6-10-24(25)26(21)22/h6,9-10,13-19,28H,3-5,7-8,11-12H2,1-2H3. The van der Waals surface area contributed by atoms with E-state index in [1.54, 1.807) is 0 Å². The van der Waals surface area contributed by atoms with Gasteiger partial charge >= 0.3 is 0 Å². The molecule has 3 aromatic carbocycles. The highest BCUT2D eigenvalue weighted by molar-refractivity contribution is 6.10. The van der Waals surface area contributed by atoms with Crippen LogP contribution in [0.2, 0.25) is 0 Å². The predicted octanol–water partition coefficient (Wildman–Crippen LogP) is 6.49. The fraction of sp³-hybridized carbons (Fsp3) is 0.370. The Morgan fingerprint density at radius 1 is 0.800 bits per heavy atom. The highest BCUT2D eigenvalue weighted by Gasteiger charge is 2.21. The van der Waals surface area contributed by atoms with E-state index in [9.17, 15) is 0 Å². The summed E-state index contributed by atoms with van der Waals surface area (Å²) in [5.74, 6) is 1.20. The minimum atomic E-state index is 0.485. The molecule has 1 saturated carbocycles. The molecule has 0 heterocycles. The summed E-state index contributed by atoms with van der Waals surface area (Å²) in [7, 11) is 4.00. The molecule has 154 valence electrons. The third-order valence-corrected chi connectivity index (χ3v) is 7.21. The van der Waals surface area contributed by atoms with Crippen molar-refractivity contribution in [3.8, 4) is 0 Å². The molecular weight excluding hydrogens is 366 g/mol. The van der Waals surface area contributed by atoms with E-state index < -0.39 is 0 Å². The average Bonchev–Trinajstić information content (AvgIpc) is 3.23. The van der Waals surface area contributed by atoms with Gasteiger partial charge in [0.25, 0.3) is 0 Å². The number of benzene rings is 3. The number of anilines is 2. The van der Waals surface area contributed by atoms with Crippen LogP contribution in [0.15, 0.2) is 54.6 Å². The van der Waals surface area contributed by atoms with Crippen LogP contribution in [-0.4, -0.2) is 20.1 Å². The Balaban J connectivity index is 1.39. The van der Waals surface area contributed by atoms with Crippen molar-refractivity contribution in [1.82, 2.24) is 0 Å². The minimum absolute atomic E-state index is 0.485. The van der Waals surface area contributed by atoms with Crippen LogP contribution in [-0.2, 0) is 12.8 Å². The molecule has 1 fully saturated rings. The van der Waals surface area contributed by atoms with Gasteiger partial charge < -0.3 is 9.80 Å². The third kappa shape index (κ3) is 3.27. The molecule has 0 atom stereocenters. The fourth-order valence-electron chi connectivity index (χ4n) is 5.39. The zero-order valence-electron chi connectivity index (χ0n) is 18.1. The van der Waals surface area contributed by atoms with Crippen molar-refractivity contribution in [1.29, 1.82) is 5.41 Å². The monoisotopic (exact) mass is 397 g/mol. The van der Waals surface area contributed by atoms with Gasteiger partial charge in [0.2, 0.25) is 5.96 Å². The number of nitrogens with zero attached hydrogens (tertiary/aromatic N) is 2. The Labute approximate surface area is 179 Å². The highest BCUT2D eigenvalue weighted by atomic mass is 15.3. The van der Waals surface area contributed by atoms with Crippen LogP contribution in [0.1, 0.15) is 54.7 Å². The molecule has 3 aromatic rings. The molecule has 30 heavy (non-hydrogen) atoms. The zero-order chi connectivity index (χ0) is 20.7. The molecule has 2 aliphatic carbocycles. The van der Waals surface area contributed by atoms with Gasteiger partial charge in [-0.2, -0.15) is 0 Å². The second kappa shape index (κ2) is 7.79. The Bertz CT molecular complexity index is 1070. The molecule has 1 N–H and O–H groups in total. The molecule has 0 aliphatic heterocycles. The van der Waals surface area contributed by atoms with Crippen molar-refractivity contribution in [3.05, 3.63) is 71.3 Å². The Hall–Kier alpha value is -2.81. The van der Waals surface area contributed by atoms with Gasteiger partial charge in [0.1, 0.15) is 0 Å². The molecule has 0 amide bonds. The number of hydrogen-bond acceptors (Lipinski definition) is 1. The molecular formula is C27H31N3. The van der Waals surface area contributed by atoms with Crippen molar-refractivity contribution in [2.75, 3.05) is 23.9 Å². The van der Waals surface area contributed by atoms with E-state index in [4.69, 9.17) is 5.41 Å². The normalized spacial score (nSPS) is 16.1. The quantitative estimate of drug-likeness (QED) is 0.404. The van der Waals surface area contributed by atoms with Crippen LogP contribution in [0.5, 0.6) is 0 Å². The van der Waals surface area contributed by atoms with Crippen LogP contribution in [0.4, 0.5) is 11.4 Å². The van der Waals surface area contributed by atoms with Gasteiger partial charge in [-0.1, -0.05) is 55.7 Å². The molecule has 3 nitrogen and oxygen atoms in total. The lowest BCUT2D eigenvalue weighted by molar-refractivity contribution is 0.443. The van der Waals surface area contributed by atoms with E-state index in [1.165, 1.54) is 59.6 Å². The fourth-order valence-corrected chi connectivity index (χ4v) is 5.39. The van der Waals surface area contributed by atoms with Gasteiger partial charge in [-0.3, -0.25) is 5.41 Å². The predicted molar refractivity (Wildman–Crippen MR) is 128 cm³/mol. The smallest absolute Gasteiger partial charge is 0.202 e. The number of aryl methyl sites for hydroxylation is 2. The van der Waals surface area contributed by atoms with Gasteiger partial charge in [-0.05, 0) is 71.9 Å². The van der Waals surface area contributed by atoms with E-state index in [1.807, 2.05) is 23.9 Å². The maximum atomic E-state index is 8.88. The number of guanidine groups is 1. The van der Waals surface area contributed by atoms with Crippen molar-refractivity contribution in [2.45, 2.75) is 50.9 Å². The lowest BCUT2D eigenvalue weighted by Gasteiger charge is -2.29. The third-order valence-electron chi connectivity index (χ3n) is 7.21. The molecule has 0 radical (unpaired) electrons. The van der Waals surface area contributed by atoms with Crippen molar-refractivity contribution in [3.63, 3.8) is 0 Å². The Kier molecular flexibility index (Phi) is 4.98. The van der Waals surface area contributed by atoms with Crippen molar-refractivity contribution in [2.24, 2.45) is 0 Å². The van der Waals surface area contributed by atoms with Crippen LogP contribution in [0.3, 0.4) is 0 Å². The topological polar surface area (TPSA) is 30.3 Å². The second-order valence-electron chi connectivity index (χ2n) is 8.95. The van der Waals surface area contributed by atoms with Crippen LogP contribution >= 0.6 is 0 Å². The molecule has 5 rings (SSSR count). The van der Waals surface area contributed by atoms with E-state index in [0.717, 1.165) is 24.2 Å². The first-order chi connectivity index (χ1) is 14.6. The van der Waals surface area contributed by atoms with Crippen LogP contribution in [0.25, 0.3) is 10.8 Å². The van der Waals surface area contributed by atoms with Gasteiger partial charge in [0.15, 0.2) is 0 Å². The lowest BCUT2D eigenvalue weighted by atomic mass is 9.84. The molecule has 0 saturated heterocycles. The van der Waals surface area contributed by atoms with Gasteiger partial charge in [-0.25, -0.2) is 0 Å². The summed E-state index contributed by atoms with van der Waals surface area (Å²) in [5, 5.41) is 11.5. The maximum absolute atomic E-state index is 8.88. The first kappa shape index (κ1) is 19.2. The van der Waals surface area contributed by atoms with Crippen LogP contribution < -0.4 is 9.80 Å². The lowest BCUT2D eigenvalue weighted by Crippen LogP contribution is -2.39. The van der Waals surface area contributed by atoms with Crippen molar-refractivity contribution < 1.29 is 0 Å². The molecule has 0 aromatic heterocycles. The average molecular weight is 398 g/mol. The number of rotatable bonds is 3. The molecule has 0 bridgehead atoms.